The first-order chi connectivity index (χ1) is 9.67. The number of hydrogen-bond acceptors (Lipinski definition) is 5. The molecular formula is C14H17NO4S. The number of carbonyl (C=O) groups is 2. The van der Waals surface area contributed by atoms with Gasteiger partial charge in [0.15, 0.2) is 0 Å². The van der Waals surface area contributed by atoms with Gasteiger partial charge in [0.1, 0.15) is 6.61 Å². The highest BCUT2D eigenvalue weighted by Gasteiger charge is 2.08. The number of aliphatic hydroxyl groups is 1. The van der Waals surface area contributed by atoms with E-state index in [1.54, 1.807) is 19.1 Å². The van der Waals surface area contributed by atoms with Crippen molar-refractivity contribution in [2.75, 3.05) is 19.8 Å². The zero-order valence-electron chi connectivity index (χ0n) is 11.3. The quantitative estimate of drug-likeness (QED) is 0.469. The van der Waals surface area contributed by atoms with Crippen molar-refractivity contribution >= 4 is 23.2 Å². The van der Waals surface area contributed by atoms with Crippen LogP contribution >= 0.6 is 11.3 Å². The number of rotatable bonds is 6. The summed E-state index contributed by atoms with van der Waals surface area (Å²) in [6.45, 7) is 2.35. The maximum atomic E-state index is 11.8. The van der Waals surface area contributed by atoms with E-state index < -0.39 is 0 Å². The molecule has 1 aromatic rings. The second-order valence-corrected chi connectivity index (χ2v) is 4.87. The summed E-state index contributed by atoms with van der Waals surface area (Å²) in [6, 6.07) is 3.42. The Morgan fingerprint density at radius 3 is 2.95 bits per heavy atom. The number of amides is 1. The molecule has 0 aromatic carbocycles. The Hall–Kier alpha value is -1.84. The van der Waals surface area contributed by atoms with Crippen LogP contribution in [0.4, 0.5) is 0 Å². The van der Waals surface area contributed by atoms with Gasteiger partial charge in [-0.1, -0.05) is 11.8 Å². The second kappa shape index (κ2) is 9.13. The topological polar surface area (TPSA) is 75.6 Å². The molecule has 0 aliphatic carbocycles. The van der Waals surface area contributed by atoms with Gasteiger partial charge in [-0.25, -0.2) is 0 Å². The summed E-state index contributed by atoms with van der Waals surface area (Å²) in [4.78, 5) is 24.2. The molecule has 5 nitrogen and oxygen atoms in total. The number of thiophene rings is 1. The third-order valence-electron chi connectivity index (χ3n) is 2.27. The van der Waals surface area contributed by atoms with Crippen molar-refractivity contribution in [3.63, 3.8) is 0 Å². The fourth-order valence-electron chi connectivity index (χ4n) is 1.41. The number of carbonyl (C=O) groups excluding carboxylic acids is 2. The minimum absolute atomic E-state index is 0.184. The first-order valence-corrected chi connectivity index (χ1v) is 7.12. The van der Waals surface area contributed by atoms with Crippen LogP contribution in [-0.4, -0.2) is 36.7 Å². The van der Waals surface area contributed by atoms with E-state index >= 15 is 0 Å². The Labute approximate surface area is 122 Å². The summed E-state index contributed by atoms with van der Waals surface area (Å²) in [6.07, 6.45) is 0.846. The van der Waals surface area contributed by atoms with Crippen molar-refractivity contribution in [3.05, 3.63) is 21.9 Å². The SMILES string of the molecule is CCOC(=O)CCCNC(=O)c1ccc(C#CCO)s1. The fourth-order valence-corrected chi connectivity index (χ4v) is 2.21. The molecule has 0 radical (unpaired) electrons. The number of ether oxygens (including phenoxy) is 1. The summed E-state index contributed by atoms with van der Waals surface area (Å²) < 4.78 is 4.79. The van der Waals surface area contributed by atoms with E-state index in [2.05, 4.69) is 17.2 Å². The molecule has 1 heterocycles. The van der Waals surface area contributed by atoms with Crippen molar-refractivity contribution in [3.8, 4) is 11.8 Å². The number of hydrogen-bond donors (Lipinski definition) is 2. The summed E-state index contributed by atoms with van der Waals surface area (Å²) in [5.41, 5.74) is 0. The van der Waals surface area contributed by atoms with Crippen molar-refractivity contribution in [2.45, 2.75) is 19.8 Å². The third kappa shape index (κ3) is 5.87. The monoisotopic (exact) mass is 295 g/mol. The first kappa shape index (κ1) is 16.2. The Kier molecular flexibility index (Phi) is 7.40. The van der Waals surface area contributed by atoms with E-state index in [0.29, 0.717) is 30.9 Å². The molecule has 6 heteroatoms. The van der Waals surface area contributed by atoms with Crippen LogP contribution in [0.2, 0.25) is 0 Å². The minimum Gasteiger partial charge on any atom is -0.466 e. The first-order valence-electron chi connectivity index (χ1n) is 6.30. The van der Waals surface area contributed by atoms with E-state index in [1.165, 1.54) is 11.3 Å². The molecule has 0 saturated heterocycles. The summed E-state index contributed by atoms with van der Waals surface area (Å²) in [5, 5.41) is 11.3. The zero-order valence-corrected chi connectivity index (χ0v) is 12.1. The minimum atomic E-state index is -0.251. The number of esters is 1. The molecule has 0 fully saturated rings. The van der Waals surface area contributed by atoms with Crippen LogP contribution in [0.15, 0.2) is 12.1 Å². The maximum absolute atomic E-state index is 11.8. The Balaban J connectivity index is 2.32. The lowest BCUT2D eigenvalue weighted by Crippen LogP contribution is -2.24. The predicted octanol–water partition coefficient (Wildman–Crippen LogP) is 1.17. The molecule has 0 aliphatic rings. The van der Waals surface area contributed by atoms with Gasteiger partial charge in [-0.05, 0) is 25.5 Å². The van der Waals surface area contributed by atoms with Gasteiger partial charge in [-0.3, -0.25) is 9.59 Å². The van der Waals surface area contributed by atoms with Crippen LogP contribution in [0.1, 0.15) is 34.3 Å². The third-order valence-corrected chi connectivity index (χ3v) is 3.27. The molecule has 0 aliphatic heterocycles. The lowest BCUT2D eigenvalue weighted by atomic mass is 10.3. The molecule has 0 bridgehead atoms. The predicted molar refractivity (Wildman–Crippen MR) is 76.5 cm³/mol. The fraction of sp³-hybridized carbons (Fsp3) is 0.429. The van der Waals surface area contributed by atoms with Crippen molar-refractivity contribution in [1.82, 2.24) is 5.32 Å². The molecule has 0 unspecified atom stereocenters. The average Bonchev–Trinajstić information content (AvgIpc) is 2.90. The summed E-state index contributed by atoms with van der Waals surface area (Å²) in [7, 11) is 0. The highest BCUT2D eigenvalue weighted by Crippen LogP contribution is 2.15. The molecule has 2 N–H and O–H groups in total. The van der Waals surface area contributed by atoms with Crippen molar-refractivity contribution in [2.24, 2.45) is 0 Å². The van der Waals surface area contributed by atoms with Gasteiger partial charge in [-0.2, -0.15) is 0 Å². The van der Waals surface area contributed by atoms with E-state index in [0.717, 1.165) is 4.88 Å². The van der Waals surface area contributed by atoms with Crippen LogP contribution in [0.5, 0.6) is 0 Å². The lowest BCUT2D eigenvalue weighted by Gasteiger charge is -2.03. The van der Waals surface area contributed by atoms with Crippen molar-refractivity contribution < 1.29 is 19.4 Å². The number of nitrogens with one attached hydrogen (secondary N) is 1. The van der Waals surface area contributed by atoms with Crippen LogP contribution in [0.25, 0.3) is 0 Å². The lowest BCUT2D eigenvalue weighted by molar-refractivity contribution is -0.143. The smallest absolute Gasteiger partial charge is 0.305 e. The zero-order chi connectivity index (χ0) is 14.8. The van der Waals surface area contributed by atoms with E-state index in [1.807, 2.05) is 0 Å². The van der Waals surface area contributed by atoms with Crippen molar-refractivity contribution in [1.29, 1.82) is 0 Å². The van der Waals surface area contributed by atoms with Gasteiger partial charge in [0.2, 0.25) is 0 Å². The average molecular weight is 295 g/mol. The Morgan fingerprint density at radius 1 is 1.45 bits per heavy atom. The molecule has 1 amide bonds. The summed E-state index contributed by atoms with van der Waals surface area (Å²) >= 11 is 1.27. The molecule has 1 rings (SSSR count). The van der Waals surface area contributed by atoms with Gasteiger partial charge in [-0.15, -0.1) is 11.3 Å². The Bertz CT molecular complexity index is 513. The number of aliphatic hydroxyl groups excluding tert-OH is 1. The Morgan fingerprint density at radius 2 is 2.25 bits per heavy atom. The van der Waals surface area contributed by atoms with Gasteiger partial charge in [0, 0.05) is 13.0 Å². The van der Waals surface area contributed by atoms with E-state index in [4.69, 9.17) is 9.84 Å². The molecule has 108 valence electrons. The highest BCUT2D eigenvalue weighted by molar-refractivity contribution is 7.14. The van der Waals surface area contributed by atoms with Crippen LogP contribution in [0.3, 0.4) is 0 Å². The van der Waals surface area contributed by atoms with E-state index in [9.17, 15) is 9.59 Å². The maximum Gasteiger partial charge on any atom is 0.305 e. The van der Waals surface area contributed by atoms with Gasteiger partial charge in [0.25, 0.3) is 5.91 Å². The summed E-state index contributed by atoms with van der Waals surface area (Å²) in [5.74, 6) is 4.83. The van der Waals surface area contributed by atoms with Crippen LogP contribution in [0, 0.1) is 11.8 Å². The largest absolute Gasteiger partial charge is 0.466 e. The second-order valence-electron chi connectivity index (χ2n) is 3.79. The van der Waals surface area contributed by atoms with Crippen LogP contribution in [-0.2, 0) is 9.53 Å². The standard InChI is InChI=1S/C14H17NO4S/c1-2-19-13(17)6-3-9-15-14(18)12-8-7-11(20-12)5-4-10-16/h7-8,16H,2-3,6,9-10H2,1H3,(H,15,18). The van der Waals surface area contributed by atoms with E-state index in [-0.39, 0.29) is 18.5 Å². The molecule has 20 heavy (non-hydrogen) atoms. The molecule has 0 atom stereocenters. The van der Waals surface area contributed by atoms with Gasteiger partial charge < -0.3 is 15.2 Å². The van der Waals surface area contributed by atoms with Crippen LogP contribution < -0.4 is 5.32 Å². The molecular weight excluding hydrogens is 278 g/mol. The van der Waals surface area contributed by atoms with Gasteiger partial charge >= 0.3 is 5.97 Å². The molecule has 0 saturated carbocycles. The highest BCUT2D eigenvalue weighted by atomic mass is 32.1. The molecule has 1 aromatic heterocycles. The van der Waals surface area contributed by atoms with Gasteiger partial charge in [0.05, 0.1) is 16.4 Å². The molecule has 0 spiro atoms. The normalized spacial score (nSPS) is 9.50.